The molecular weight excluding hydrogens is 276 g/mol. The summed E-state index contributed by atoms with van der Waals surface area (Å²) in [7, 11) is 0. The van der Waals surface area contributed by atoms with E-state index in [0.717, 1.165) is 27.5 Å². The van der Waals surface area contributed by atoms with Gasteiger partial charge in [0.2, 0.25) is 0 Å². The number of hydrogen-bond acceptors (Lipinski definition) is 3. The molecule has 0 saturated heterocycles. The largest absolute Gasteiger partial charge is 0.322 e. The summed E-state index contributed by atoms with van der Waals surface area (Å²) in [5.41, 5.74) is 2.95. The summed E-state index contributed by atoms with van der Waals surface area (Å²) in [6.45, 7) is 0. The van der Waals surface area contributed by atoms with Crippen molar-refractivity contribution in [3.8, 4) is 0 Å². The van der Waals surface area contributed by atoms with Gasteiger partial charge in [-0.05, 0) is 30.3 Å². The fourth-order valence-electron chi connectivity index (χ4n) is 2.51. The van der Waals surface area contributed by atoms with Crippen LogP contribution in [0.15, 0.2) is 60.9 Å². The van der Waals surface area contributed by atoms with Gasteiger partial charge < -0.3 is 5.32 Å². The number of para-hydroxylation sites is 1. The predicted molar refractivity (Wildman–Crippen MR) is 85.8 cm³/mol. The third kappa shape index (κ3) is 2.09. The van der Waals surface area contributed by atoms with Gasteiger partial charge >= 0.3 is 0 Å². The maximum Gasteiger partial charge on any atom is 0.257 e. The molecule has 0 saturated carbocycles. The van der Waals surface area contributed by atoms with Gasteiger partial charge in [0, 0.05) is 22.7 Å². The van der Waals surface area contributed by atoms with Crippen LogP contribution in [0.25, 0.3) is 21.8 Å². The van der Waals surface area contributed by atoms with Crippen LogP contribution in [0.4, 0.5) is 5.69 Å². The number of amides is 1. The molecule has 0 unspecified atom stereocenters. The Kier molecular flexibility index (Phi) is 2.83. The average molecular weight is 288 g/mol. The van der Waals surface area contributed by atoms with Crippen molar-refractivity contribution in [2.24, 2.45) is 0 Å². The molecule has 2 aromatic carbocycles. The number of nitrogens with one attached hydrogen (secondary N) is 2. The Bertz CT molecular complexity index is 990. The highest BCUT2D eigenvalue weighted by molar-refractivity contribution is 6.12. The van der Waals surface area contributed by atoms with Crippen LogP contribution in [0, 0.1) is 0 Å². The molecule has 0 fully saturated rings. The first-order valence-corrected chi connectivity index (χ1v) is 6.89. The van der Waals surface area contributed by atoms with Crippen molar-refractivity contribution in [2.45, 2.75) is 0 Å². The fraction of sp³-hybridized carbons (Fsp3) is 0. The quantitative estimate of drug-likeness (QED) is 0.594. The number of benzene rings is 2. The smallest absolute Gasteiger partial charge is 0.257 e. The van der Waals surface area contributed by atoms with E-state index in [1.165, 1.54) is 0 Å². The van der Waals surface area contributed by atoms with Gasteiger partial charge in [0.15, 0.2) is 0 Å². The Hall–Kier alpha value is -3.21. The number of nitrogens with zero attached hydrogens (tertiary/aromatic N) is 2. The molecule has 0 bridgehead atoms. The zero-order valence-electron chi connectivity index (χ0n) is 11.6. The lowest BCUT2D eigenvalue weighted by molar-refractivity contribution is 0.102. The first-order chi connectivity index (χ1) is 10.8. The standard InChI is InChI=1S/C17H12N4O/c22-17(14-5-1-3-12-10-19-21-16(12)14)20-13-6-7-15-11(9-13)4-2-8-18-15/h1-10H,(H,19,21)(H,20,22). The number of anilines is 1. The van der Waals surface area contributed by atoms with E-state index >= 15 is 0 Å². The number of carbonyl (C=O) groups excluding carboxylic acids is 1. The molecule has 2 heterocycles. The lowest BCUT2D eigenvalue weighted by Gasteiger charge is -2.07. The molecule has 0 aliphatic heterocycles. The van der Waals surface area contributed by atoms with Crippen LogP contribution in [0.3, 0.4) is 0 Å². The van der Waals surface area contributed by atoms with Crippen LogP contribution in [0.1, 0.15) is 10.4 Å². The zero-order chi connectivity index (χ0) is 14.9. The van der Waals surface area contributed by atoms with Crippen molar-refractivity contribution in [3.05, 3.63) is 66.5 Å². The van der Waals surface area contributed by atoms with E-state index in [0.29, 0.717) is 5.56 Å². The summed E-state index contributed by atoms with van der Waals surface area (Å²) in [6, 6.07) is 15.0. The molecule has 4 aromatic rings. The average Bonchev–Trinajstić information content (AvgIpc) is 3.03. The maximum atomic E-state index is 12.5. The number of aromatic nitrogens is 3. The Balaban J connectivity index is 1.69. The van der Waals surface area contributed by atoms with Crippen LogP contribution in [0.5, 0.6) is 0 Å². The minimum atomic E-state index is -0.168. The van der Waals surface area contributed by atoms with Crippen molar-refractivity contribution < 1.29 is 4.79 Å². The van der Waals surface area contributed by atoms with Crippen molar-refractivity contribution in [2.75, 3.05) is 5.32 Å². The zero-order valence-corrected chi connectivity index (χ0v) is 11.6. The molecule has 0 aliphatic rings. The van der Waals surface area contributed by atoms with Crippen molar-refractivity contribution in [1.82, 2.24) is 15.2 Å². The van der Waals surface area contributed by atoms with E-state index in [1.54, 1.807) is 18.5 Å². The Morgan fingerprint density at radius 3 is 2.91 bits per heavy atom. The van der Waals surface area contributed by atoms with Gasteiger partial charge in [0.25, 0.3) is 5.91 Å². The number of H-pyrrole nitrogens is 1. The van der Waals surface area contributed by atoms with Crippen LogP contribution in [-0.4, -0.2) is 21.1 Å². The summed E-state index contributed by atoms with van der Waals surface area (Å²) < 4.78 is 0. The number of carbonyl (C=O) groups is 1. The highest BCUT2D eigenvalue weighted by Gasteiger charge is 2.11. The minimum Gasteiger partial charge on any atom is -0.322 e. The first kappa shape index (κ1) is 12.5. The Morgan fingerprint density at radius 1 is 1.05 bits per heavy atom. The summed E-state index contributed by atoms with van der Waals surface area (Å²) >= 11 is 0. The second-order valence-corrected chi connectivity index (χ2v) is 5.00. The molecule has 1 amide bonds. The monoisotopic (exact) mass is 288 g/mol. The molecule has 0 spiro atoms. The van der Waals surface area contributed by atoms with Gasteiger partial charge in [-0.15, -0.1) is 0 Å². The van der Waals surface area contributed by atoms with Crippen LogP contribution in [0.2, 0.25) is 0 Å². The van der Waals surface area contributed by atoms with Gasteiger partial charge in [0.05, 0.1) is 22.8 Å². The van der Waals surface area contributed by atoms with E-state index in [1.807, 2.05) is 42.5 Å². The number of aromatic amines is 1. The highest BCUT2D eigenvalue weighted by atomic mass is 16.1. The normalized spacial score (nSPS) is 10.9. The molecular formula is C17H12N4O. The van der Waals surface area contributed by atoms with Gasteiger partial charge in [0.1, 0.15) is 0 Å². The first-order valence-electron chi connectivity index (χ1n) is 6.89. The molecule has 2 aromatic heterocycles. The molecule has 5 heteroatoms. The lowest BCUT2D eigenvalue weighted by atomic mass is 10.1. The van der Waals surface area contributed by atoms with Gasteiger partial charge in [-0.3, -0.25) is 14.9 Å². The van der Waals surface area contributed by atoms with Gasteiger partial charge in [-0.25, -0.2) is 0 Å². The summed E-state index contributed by atoms with van der Waals surface area (Å²) in [4.78, 5) is 16.8. The van der Waals surface area contributed by atoms with Gasteiger partial charge in [-0.2, -0.15) is 5.10 Å². The minimum absolute atomic E-state index is 0.168. The second-order valence-electron chi connectivity index (χ2n) is 5.00. The van der Waals surface area contributed by atoms with Crippen molar-refractivity contribution >= 4 is 33.4 Å². The highest BCUT2D eigenvalue weighted by Crippen LogP contribution is 2.20. The number of hydrogen-bond donors (Lipinski definition) is 2. The Morgan fingerprint density at radius 2 is 1.95 bits per heavy atom. The van der Waals surface area contributed by atoms with Crippen LogP contribution in [-0.2, 0) is 0 Å². The van der Waals surface area contributed by atoms with Gasteiger partial charge in [-0.1, -0.05) is 18.2 Å². The number of fused-ring (bicyclic) bond motifs is 2. The number of rotatable bonds is 2. The molecule has 0 radical (unpaired) electrons. The van der Waals surface area contributed by atoms with E-state index in [9.17, 15) is 4.79 Å². The number of pyridine rings is 1. The summed E-state index contributed by atoms with van der Waals surface area (Å²) in [6.07, 6.45) is 3.45. The summed E-state index contributed by atoms with van der Waals surface area (Å²) in [5.74, 6) is -0.168. The van der Waals surface area contributed by atoms with E-state index in [-0.39, 0.29) is 5.91 Å². The van der Waals surface area contributed by atoms with E-state index < -0.39 is 0 Å². The molecule has 0 aliphatic carbocycles. The van der Waals surface area contributed by atoms with E-state index in [2.05, 4.69) is 20.5 Å². The predicted octanol–water partition coefficient (Wildman–Crippen LogP) is 3.36. The maximum absolute atomic E-state index is 12.5. The van der Waals surface area contributed by atoms with E-state index in [4.69, 9.17) is 0 Å². The molecule has 5 nitrogen and oxygen atoms in total. The third-order valence-electron chi connectivity index (χ3n) is 3.58. The molecule has 106 valence electrons. The Labute approximate surface area is 126 Å². The SMILES string of the molecule is O=C(Nc1ccc2ncccc2c1)c1cccc2cn[nH]c12. The molecule has 4 rings (SSSR count). The molecule has 2 N–H and O–H groups in total. The van der Waals surface area contributed by atoms with Crippen molar-refractivity contribution in [3.63, 3.8) is 0 Å². The second kappa shape index (κ2) is 4.96. The van der Waals surface area contributed by atoms with Crippen LogP contribution < -0.4 is 5.32 Å². The summed E-state index contributed by atoms with van der Waals surface area (Å²) in [5, 5.41) is 11.7. The fourth-order valence-corrected chi connectivity index (χ4v) is 2.51. The lowest BCUT2D eigenvalue weighted by Crippen LogP contribution is -2.12. The molecule has 22 heavy (non-hydrogen) atoms. The van der Waals surface area contributed by atoms with Crippen LogP contribution >= 0.6 is 0 Å². The van der Waals surface area contributed by atoms with Crippen molar-refractivity contribution in [1.29, 1.82) is 0 Å². The third-order valence-corrected chi connectivity index (χ3v) is 3.58. The topological polar surface area (TPSA) is 70.7 Å². The molecule has 0 atom stereocenters.